The molecule has 108 valence electrons. The zero-order valence-electron chi connectivity index (χ0n) is 12.5. The molecular weight excluding hydrogens is 270 g/mol. The van der Waals surface area contributed by atoms with Gasteiger partial charge < -0.3 is 4.90 Å². The number of aryl methyl sites for hydroxylation is 3. The molecule has 1 atom stereocenters. The van der Waals surface area contributed by atoms with Gasteiger partial charge in [-0.1, -0.05) is 29.5 Å². The number of hydrogen-bond acceptors (Lipinski definition) is 3. The molecular formula is C16H21NO2S. The van der Waals surface area contributed by atoms with E-state index in [-0.39, 0.29) is 16.9 Å². The van der Waals surface area contributed by atoms with Crippen LogP contribution in [0.3, 0.4) is 0 Å². The summed E-state index contributed by atoms with van der Waals surface area (Å²) in [7, 11) is 0. The van der Waals surface area contributed by atoms with Gasteiger partial charge in [0.15, 0.2) is 5.12 Å². The van der Waals surface area contributed by atoms with Crippen LogP contribution in [0.2, 0.25) is 0 Å². The molecule has 0 aliphatic carbocycles. The monoisotopic (exact) mass is 291 g/mol. The summed E-state index contributed by atoms with van der Waals surface area (Å²) in [6, 6.07) is 4.24. The van der Waals surface area contributed by atoms with Gasteiger partial charge in [0.25, 0.3) is 0 Å². The predicted molar refractivity (Wildman–Crippen MR) is 84.3 cm³/mol. The molecule has 1 aliphatic rings. The Morgan fingerprint density at radius 2 is 1.90 bits per heavy atom. The molecule has 0 spiro atoms. The fraction of sp³-hybridized carbons (Fsp3) is 0.500. The van der Waals surface area contributed by atoms with E-state index in [1.165, 1.54) is 17.3 Å². The third kappa shape index (κ3) is 3.23. The summed E-state index contributed by atoms with van der Waals surface area (Å²) < 4.78 is 0. The van der Waals surface area contributed by atoms with E-state index in [0.717, 1.165) is 29.1 Å². The number of amides is 1. The maximum absolute atomic E-state index is 12.3. The Morgan fingerprint density at radius 3 is 2.45 bits per heavy atom. The minimum Gasteiger partial charge on any atom is -0.312 e. The van der Waals surface area contributed by atoms with Crippen molar-refractivity contribution in [3.63, 3.8) is 0 Å². The van der Waals surface area contributed by atoms with Crippen LogP contribution in [-0.4, -0.2) is 23.3 Å². The van der Waals surface area contributed by atoms with E-state index >= 15 is 0 Å². The molecule has 0 N–H and O–H groups in total. The zero-order valence-corrected chi connectivity index (χ0v) is 13.3. The van der Waals surface area contributed by atoms with Crippen LogP contribution in [0.5, 0.6) is 0 Å². The molecule has 1 heterocycles. The lowest BCUT2D eigenvalue weighted by Gasteiger charge is -2.22. The van der Waals surface area contributed by atoms with Crippen molar-refractivity contribution in [3.8, 4) is 0 Å². The van der Waals surface area contributed by atoms with E-state index in [2.05, 4.69) is 32.9 Å². The number of hydrogen-bond donors (Lipinski definition) is 0. The standard InChI is InChI=1S/C16H21NO2S/c1-10-5-11(2)16(12(3)6-10)17-8-14(7-15(17)19)9-20-13(4)18/h5-6,14H,7-9H2,1-4H3. The Labute approximate surface area is 124 Å². The van der Waals surface area contributed by atoms with Gasteiger partial charge in [0.1, 0.15) is 0 Å². The molecule has 1 aromatic rings. The first-order valence-electron chi connectivity index (χ1n) is 6.90. The lowest BCUT2D eigenvalue weighted by molar-refractivity contribution is -0.117. The molecule has 1 aromatic carbocycles. The molecule has 1 amide bonds. The Balaban J connectivity index is 2.18. The highest BCUT2D eigenvalue weighted by Crippen LogP contribution is 2.32. The predicted octanol–water partition coefficient (Wildman–Crippen LogP) is 3.24. The number of carbonyl (C=O) groups excluding carboxylic acids is 2. The van der Waals surface area contributed by atoms with Crippen LogP contribution in [0.15, 0.2) is 12.1 Å². The Hall–Kier alpha value is -1.29. The highest BCUT2D eigenvalue weighted by Gasteiger charge is 2.32. The maximum atomic E-state index is 12.3. The maximum Gasteiger partial charge on any atom is 0.227 e. The van der Waals surface area contributed by atoms with Crippen molar-refractivity contribution in [1.29, 1.82) is 0 Å². The summed E-state index contributed by atoms with van der Waals surface area (Å²) in [5.74, 6) is 1.19. The first kappa shape index (κ1) is 15.1. The van der Waals surface area contributed by atoms with Crippen molar-refractivity contribution in [3.05, 3.63) is 28.8 Å². The summed E-state index contributed by atoms with van der Waals surface area (Å²) >= 11 is 1.32. The molecule has 0 radical (unpaired) electrons. The molecule has 20 heavy (non-hydrogen) atoms. The van der Waals surface area contributed by atoms with Crippen LogP contribution in [-0.2, 0) is 9.59 Å². The minimum atomic E-state index is 0.124. The van der Waals surface area contributed by atoms with Gasteiger partial charge in [0.05, 0.1) is 0 Å². The zero-order chi connectivity index (χ0) is 14.9. The van der Waals surface area contributed by atoms with Crippen molar-refractivity contribution in [2.75, 3.05) is 17.2 Å². The van der Waals surface area contributed by atoms with Gasteiger partial charge >= 0.3 is 0 Å². The third-order valence-corrected chi connectivity index (χ3v) is 4.68. The SMILES string of the molecule is CC(=O)SCC1CC(=O)N(c2c(C)cc(C)cc2C)C1. The number of benzene rings is 1. The van der Waals surface area contributed by atoms with Gasteiger partial charge in [-0.15, -0.1) is 0 Å². The molecule has 3 nitrogen and oxygen atoms in total. The van der Waals surface area contributed by atoms with E-state index in [4.69, 9.17) is 0 Å². The normalized spacial score (nSPS) is 18.7. The topological polar surface area (TPSA) is 37.4 Å². The average molecular weight is 291 g/mol. The van der Waals surface area contributed by atoms with E-state index in [1.54, 1.807) is 6.92 Å². The van der Waals surface area contributed by atoms with Crippen LogP contribution < -0.4 is 4.90 Å². The van der Waals surface area contributed by atoms with Crippen LogP contribution >= 0.6 is 11.8 Å². The second-order valence-corrected chi connectivity index (χ2v) is 6.82. The van der Waals surface area contributed by atoms with Crippen molar-refractivity contribution >= 4 is 28.5 Å². The third-order valence-electron chi connectivity index (χ3n) is 3.63. The van der Waals surface area contributed by atoms with Crippen molar-refractivity contribution in [1.82, 2.24) is 0 Å². The van der Waals surface area contributed by atoms with Gasteiger partial charge in [-0.2, -0.15) is 0 Å². The number of rotatable bonds is 3. The summed E-state index contributed by atoms with van der Waals surface area (Å²) in [5, 5.41) is 0.124. The van der Waals surface area contributed by atoms with Gasteiger partial charge in [0, 0.05) is 31.3 Å². The molecule has 0 saturated carbocycles. The molecule has 4 heteroatoms. The van der Waals surface area contributed by atoms with E-state index in [9.17, 15) is 9.59 Å². The second-order valence-electron chi connectivity index (χ2n) is 5.62. The fourth-order valence-corrected chi connectivity index (χ4v) is 3.64. The smallest absolute Gasteiger partial charge is 0.227 e. The first-order chi connectivity index (χ1) is 9.38. The van der Waals surface area contributed by atoms with E-state index in [0.29, 0.717) is 6.42 Å². The van der Waals surface area contributed by atoms with Crippen LogP contribution in [0, 0.1) is 26.7 Å². The number of thioether (sulfide) groups is 1. The quantitative estimate of drug-likeness (QED) is 0.858. The molecule has 1 saturated heterocycles. The Kier molecular flexibility index (Phi) is 4.53. The summed E-state index contributed by atoms with van der Waals surface area (Å²) in [5.41, 5.74) is 4.57. The number of nitrogens with zero attached hydrogens (tertiary/aromatic N) is 1. The molecule has 1 aliphatic heterocycles. The lowest BCUT2D eigenvalue weighted by Crippen LogP contribution is -2.26. The second kappa shape index (κ2) is 6.00. The fourth-order valence-electron chi connectivity index (χ4n) is 2.94. The first-order valence-corrected chi connectivity index (χ1v) is 7.88. The molecule has 1 fully saturated rings. The number of carbonyl (C=O) groups is 2. The Morgan fingerprint density at radius 1 is 1.30 bits per heavy atom. The molecule has 0 aromatic heterocycles. The van der Waals surface area contributed by atoms with Gasteiger partial charge in [-0.05, 0) is 37.8 Å². The van der Waals surface area contributed by atoms with Crippen LogP contribution in [0.25, 0.3) is 0 Å². The van der Waals surface area contributed by atoms with E-state index in [1.807, 2.05) is 4.90 Å². The molecule has 2 rings (SSSR count). The summed E-state index contributed by atoms with van der Waals surface area (Å²) in [6.07, 6.45) is 0.549. The van der Waals surface area contributed by atoms with Crippen molar-refractivity contribution in [2.24, 2.45) is 5.92 Å². The largest absolute Gasteiger partial charge is 0.312 e. The van der Waals surface area contributed by atoms with E-state index < -0.39 is 0 Å². The van der Waals surface area contributed by atoms with Gasteiger partial charge in [-0.3, -0.25) is 9.59 Å². The summed E-state index contributed by atoms with van der Waals surface area (Å²) in [6.45, 7) is 8.49. The highest BCUT2D eigenvalue weighted by atomic mass is 32.2. The van der Waals surface area contributed by atoms with Crippen LogP contribution in [0.1, 0.15) is 30.0 Å². The van der Waals surface area contributed by atoms with Gasteiger partial charge in [-0.25, -0.2) is 0 Å². The highest BCUT2D eigenvalue weighted by molar-refractivity contribution is 8.13. The lowest BCUT2D eigenvalue weighted by atomic mass is 10.0. The molecule has 1 unspecified atom stereocenters. The molecule has 0 bridgehead atoms. The minimum absolute atomic E-state index is 0.124. The summed E-state index contributed by atoms with van der Waals surface area (Å²) in [4.78, 5) is 25.2. The van der Waals surface area contributed by atoms with Crippen molar-refractivity contribution in [2.45, 2.75) is 34.1 Å². The average Bonchev–Trinajstić information content (AvgIpc) is 2.67. The number of anilines is 1. The van der Waals surface area contributed by atoms with Crippen LogP contribution in [0.4, 0.5) is 5.69 Å². The Bertz CT molecular complexity index is 530. The van der Waals surface area contributed by atoms with Gasteiger partial charge in [0.2, 0.25) is 5.91 Å². The van der Waals surface area contributed by atoms with Crippen molar-refractivity contribution < 1.29 is 9.59 Å².